The van der Waals surface area contributed by atoms with Crippen LogP contribution in [0.25, 0.3) is 89.7 Å². The van der Waals surface area contributed by atoms with Crippen molar-refractivity contribution in [1.82, 2.24) is 39.9 Å². The van der Waals surface area contributed by atoms with Gasteiger partial charge in [0.2, 0.25) is 10.0 Å². The first-order valence-electron chi connectivity index (χ1n) is 15.6. The molecule has 24 heteroatoms. The summed E-state index contributed by atoms with van der Waals surface area (Å²) < 4.78 is 68.9. The summed E-state index contributed by atoms with van der Waals surface area (Å²) in [6, 6.07) is 18.3. The van der Waals surface area contributed by atoms with Crippen LogP contribution in [0.1, 0.15) is 0 Å². The van der Waals surface area contributed by atoms with E-state index in [2.05, 4.69) is 24.3 Å². The first-order valence-corrected chi connectivity index (χ1v) is 20.1. The molecule has 2 aliphatic heterocycles. The lowest BCUT2D eigenvalue weighted by Gasteiger charge is -2.02. The molecule has 56 heavy (non-hydrogen) atoms. The number of benzene rings is 4. The molecule has 8 N–H and O–H groups in total. The van der Waals surface area contributed by atoms with E-state index in [1.54, 1.807) is 36.4 Å². The zero-order valence-corrected chi connectivity index (χ0v) is 30.8. The fourth-order valence-corrected chi connectivity index (χ4v) is 8.12. The summed E-state index contributed by atoms with van der Waals surface area (Å²) in [6.45, 7) is 0. The van der Waals surface area contributed by atoms with E-state index in [4.69, 9.17) is 50.5 Å². The molecule has 0 amide bonds. The number of hydrogen-bond acceptors (Lipinski definition) is 18. The highest BCUT2D eigenvalue weighted by atomic mass is 32.2. The van der Waals surface area contributed by atoms with Crippen LogP contribution in [-0.4, -0.2) is 66.5 Å². The molecule has 4 aromatic carbocycles. The zero-order chi connectivity index (χ0) is 38.9. The summed E-state index contributed by atoms with van der Waals surface area (Å²) in [5.41, 5.74) is 2.56. The molecule has 0 spiro atoms. The Morgan fingerprint density at radius 3 is 1.62 bits per heavy atom. The number of aromatic amines is 2. The molecular weight excluding hydrogens is 813 g/mol. The summed E-state index contributed by atoms with van der Waals surface area (Å²) in [4.78, 5) is 39.9. The normalized spacial score (nSPS) is 12.6. The fourth-order valence-electron chi connectivity index (χ4n) is 6.27. The van der Waals surface area contributed by atoms with E-state index in [0.717, 1.165) is 12.0 Å². The van der Waals surface area contributed by atoms with Crippen molar-refractivity contribution >= 4 is 88.4 Å². The van der Waals surface area contributed by atoms with Crippen molar-refractivity contribution in [2.24, 2.45) is 11.0 Å². The van der Waals surface area contributed by atoms with Gasteiger partial charge >= 0.3 is 0 Å². The number of hydrogen-bond donors (Lipinski definition) is 6. The predicted octanol–water partition coefficient (Wildman–Crippen LogP) is 5.02. The number of nitrogens with two attached hydrogens (primary N) is 2. The first kappa shape index (κ1) is 36.2. The van der Waals surface area contributed by atoms with E-state index >= 15 is 0 Å². The monoisotopic (exact) mass is 832 g/mol. The van der Waals surface area contributed by atoms with Crippen LogP contribution in [0, 0.1) is 0 Å². The lowest BCUT2D eigenvalue weighted by atomic mass is 10.1. The largest absolute Gasteiger partial charge is 0.324 e. The van der Waals surface area contributed by atoms with Gasteiger partial charge in [-0.15, -0.1) is 13.7 Å². The maximum Gasteiger partial charge on any atom is 0.294 e. The second-order valence-corrected chi connectivity index (χ2v) is 16.5. The molecule has 9 rings (SSSR count). The number of fused-ring (bicyclic) bond motifs is 20. The van der Waals surface area contributed by atoms with E-state index < -0.39 is 25.0 Å². The number of primary sulfonamides is 1. The number of rotatable bonds is 8. The van der Waals surface area contributed by atoms with Gasteiger partial charge in [-0.25, -0.2) is 48.7 Å². The van der Waals surface area contributed by atoms with Crippen molar-refractivity contribution in [3.05, 3.63) is 72.8 Å². The van der Waals surface area contributed by atoms with E-state index in [0.29, 0.717) is 66.0 Å². The Balaban J connectivity index is 1.44. The van der Waals surface area contributed by atoms with Crippen LogP contribution >= 0.6 is 24.1 Å². The van der Waals surface area contributed by atoms with Crippen LogP contribution in [0.5, 0.6) is 0 Å². The van der Waals surface area contributed by atoms with Crippen LogP contribution in [0.2, 0.25) is 0 Å². The van der Waals surface area contributed by atoms with E-state index in [-0.39, 0.29) is 50.4 Å². The molecule has 3 aromatic heterocycles. The Morgan fingerprint density at radius 1 is 0.554 bits per heavy atom. The lowest BCUT2D eigenvalue weighted by Crippen LogP contribution is -2.12. The number of H-pyrrole nitrogens is 2. The summed E-state index contributed by atoms with van der Waals surface area (Å²) in [7, 11) is -8.81. The minimum absolute atomic E-state index is 0.0373. The van der Waals surface area contributed by atoms with Gasteiger partial charge in [0.05, 0.1) is 33.9 Å². The van der Waals surface area contributed by atoms with Crippen molar-refractivity contribution in [1.29, 1.82) is 0 Å². The van der Waals surface area contributed by atoms with Crippen molar-refractivity contribution in [3.63, 3.8) is 0 Å². The van der Waals surface area contributed by atoms with Gasteiger partial charge in [-0.1, -0.05) is 5.04 Å². The van der Waals surface area contributed by atoms with Crippen molar-refractivity contribution in [3.8, 4) is 45.6 Å². The highest BCUT2D eigenvalue weighted by Gasteiger charge is 2.25. The summed E-state index contributed by atoms with van der Waals surface area (Å²) in [5, 5.41) is 19.8. The standard InChI is InChI=1S/C32H20N10O10S4/c33-49-51-53-13-1-5-17-21(9-13)29-36-25(17)35-27-19-7-3-15(55(34,44)45)11-23(19)31(39-27)40-28-20-8-4-16(56(46,47)48)12-24(20)32(41-28)42-30-22-10-14(54-52-50-43)2-6-18(22)26(37-29)38-30/h1-12,43H,33H2,(H2,34,44,45)(H,46,47,48)(H2,35,36,37,38,39,40,41,42). The van der Waals surface area contributed by atoms with Gasteiger partial charge in [-0.3, -0.25) is 4.55 Å². The SMILES string of the molecule is NOOSc1ccc2c3nc4nc(nc5[nH]c(nc6nc(nc([nH]3)c2c1)-c1ccc(SOOO)cc1-6)c1cc(S(=O)(=O)O)ccc51)-c1cc(S(N)(=O)=O)ccc1-4. The Labute approximate surface area is 321 Å². The average molecular weight is 833 g/mol. The lowest BCUT2D eigenvalue weighted by molar-refractivity contribution is -0.432. The molecule has 0 saturated heterocycles. The van der Waals surface area contributed by atoms with Crippen molar-refractivity contribution < 1.29 is 45.3 Å². The van der Waals surface area contributed by atoms with Crippen LogP contribution in [0.4, 0.5) is 0 Å². The first-order chi connectivity index (χ1) is 26.9. The minimum Gasteiger partial charge on any atom is -0.324 e. The maximum absolute atomic E-state index is 12.4. The highest BCUT2D eigenvalue weighted by Crippen LogP contribution is 2.40. The van der Waals surface area contributed by atoms with E-state index in [9.17, 15) is 21.4 Å². The van der Waals surface area contributed by atoms with Gasteiger partial charge in [0.15, 0.2) is 23.3 Å². The summed E-state index contributed by atoms with van der Waals surface area (Å²) >= 11 is 1.56. The number of aromatic nitrogens is 8. The summed E-state index contributed by atoms with van der Waals surface area (Å²) in [6.07, 6.45) is 0. The average Bonchev–Trinajstić information content (AvgIpc) is 3.90. The topological polar surface area (TPSA) is 307 Å². The minimum atomic E-state index is -4.66. The quantitative estimate of drug-likeness (QED) is 0.0506. The van der Waals surface area contributed by atoms with E-state index in [1.807, 2.05) is 0 Å². The third kappa shape index (κ3) is 6.43. The third-order valence-electron chi connectivity index (χ3n) is 8.67. The molecule has 0 aliphatic carbocycles. The van der Waals surface area contributed by atoms with Crippen molar-refractivity contribution in [2.45, 2.75) is 19.6 Å². The van der Waals surface area contributed by atoms with Gasteiger partial charge in [0.1, 0.15) is 22.6 Å². The molecule has 0 unspecified atom stereocenters. The zero-order valence-electron chi connectivity index (χ0n) is 27.6. The smallest absolute Gasteiger partial charge is 0.294 e. The van der Waals surface area contributed by atoms with Gasteiger partial charge in [-0.05, 0) is 72.8 Å². The van der Waals surface area contributed by atoms with Crippen LogP contribution in [-0.2, 0) is 38.8 Å². The number of nitrogens with one attached hydrogen (secondary N) is 2. The fraction of sp³-hybridized carbons (Fsp3) is 0. The van der Waals surface area contributed by atoms with Gasteiger partial charge in [0.25, 0.3) is 10.1 Å². The Hall–Kier alpha value is -5.48. The molecule has 5 heterocycles. The highest BCUT2D eigenvalue weighted by molar-refractivity contribution is 7.94. The molecule has 0 saturated carbocycles. The molecule has 0 radical (unpaired) electrons. The number of nitrogens with zero attached hydrogens (tertiary/aromatic N) is 6. The molecule has 0 fully saturated rings. The van der Waals surface area contributed by atoms with Gasteiger partial charge in [-0.2, -0.15) is 14.3 Å². The Kier molecular flexibility index (Phi) is 8.80. The van der Waals surface area contributed by atoms with Crippen LogP contribution in [0.15, 0.2) is 92.4 Å². The molecule has 282 valence electrons. The van der Waals surface area contributed by atoms with Gasteiger partial charge in [0, 0.05) is 53.6 Å². The maximum atomic E-state index is 12.4. The van der Waals surface area contributed by atoms with E-state index in [1.165, 1.54) is 36.4 Å². The molecule has 2 aliphatic rings. The Bertz CT molecular complexity index is 3220. The molecule has 20 nitrogen and oxygen atoms in total. The summed E-state index contributed by atoms with van der Waals surface area (Å²) in [5.74, 6) is 5.60. The number of sulfonamides is 1. The molecule has 7 aromatic rings. The second kappa shape index (κ2) is 13.6. The molecule has 0 atom stereocenters. The van der Waals surface area contributed by atoms with Crippen LogP contribution < -0.4 is 11.0 Å². The van der Waals surface area contributed by atoms with Crippen LogP contribution in [0.3, 0.4) is 0 Å². The van der Waals surface area contributed by atoms with Gasteiger partial charge < -0.3 is 9.97 Å². The molecule has 8 bridgehead atoms. The second-order valence-electron chi connectivity index (χ2n) is 11.9. The Morgan fingerprint density at radius 2 is 1.04 bits per heavy atom. The molecular formula is C32H20N10O10S4. The van der Waals surface area contributed by atoms with Crippen molar-refractivity contribution in [2.75, 3.05) is 0 Å². The third-order valence-corrected chi connectivity index (χ3v) is 11.6. The predicted molar refractivity (Wildman–Crippen MR) is 200 cm³/mol.